The number of carbonyl (C=O) groups is 2. The fraction of sp³-hybridized carbons (Fsp3) is 0.875. The Balaban J connectivity index is 4.07. The minimum absolute atomic E-state index is 0.0561. The summed E-state index contributed by atoms with van der Waals surface area (Å²) in [6.45, 7) is 12.4. The molecule has 0 bridgehead atoms. The largest absolute Gasteiger partial charge is 0.351 e. The van der Waals surface area contributed by atoms with Crippen molar-refractivity contribution in [3.63, 3.8) is 0 Å². The van der Waals surface area contributed by atoms with E-state index in [-0.39, 0.29) is 17.2 Å². The van der Waals surface area contributed by atoms with Crippen molar-refractivity contribution >= 4 is 11.7 Å². The maximum absolute atomic E-state index is 11.8. The second-order valence-electron chi connectivity index (χ2n) is 7.01. The third-order valence-electron chi connectivity index (χ3n) is 3.79. The van der Waals surface area contributed by atoms with Gasteiger partial charge in [-0.1, -0.05) is 27.2 Å². The van der Waals surface area contributed by atoms with E-state index in [2.05, 4.69) is 39.9 Å². The van der Waals surface area contributed by atoms with Crippen molar-refractivity contribution < 1.29 is 9.59 Å². The molecule has 0 atom stereocenters. The van der Waals surface area contributed by atoms with Crippen molar-refractivity contribution in [2.24, 2.45) is 5.41 Å². The van der Waals surface area contributed by atoms with E-state index in [1.165, 1.54) is 0 Å². The molecule has 0 saturated heterocycles. The highest BCUT2D eigenvalue weighted by Gasteiger charge is 2.24. The van der Waals surface area contributed by atoms with Crippen LogP contribution in [0.2, 0.25) is 0 Å². The molecular formula is C16H31NO2. The number of hydrogen-bond donors (Lipinski definition) is 1. The molecule has 0 heterocycles. The second-order valence-corrected chi connectivity index (χ2v) is 7.01. The van der Waals surface area contributed by atoms with Crippen LogP contribution in [-0.4, -0.2) is 17.2 Å². The Morgan fingerprint density at radius 2 is 1.58 bits per heavy atom. The van der Waals surface area contributed by atoms with Crippen molar-refractivity contribution in [2.75, 3.05) is 0 Å². The van der Waals surface area contributed by atoms with Gasteiger partial charge in [-0.25, -0.2) is 0 Å². The summed E-state index contributed by atoms with van der Waals surface area (Å²) in [4.78, 5) is 22.6. The first-order valence-corrected chi connectivity index (χ1v) is 7.38. The van der Waals surface area contributed by atoms with Crippen LogP contribution in [0.25, 0.3) is 0 Å². The van der Waals surface area contributed by atoms with Crippen molar-refractivity contribution in [1.29, 1.82) is 0 Å². The maximum Gasteiger partial charge on any atom is 0.220 e. The molecule has 3 heteroatoms. The Bertz CT molecular complexity index is 306. The standard InChI is InChI=1S/C16H31NO2/c1-7-15(3,4)11-12-16(5,6)17-14(19)10-8-9-13(2)18/h7-12H2,1-6H3,(H,17,19). The van der Waals surface area contributed by atoms with Crippen LogP contribution in [0.3, 0.4) is 0 Å². The molecule has 0 fully saturated rings. The fourth-order valence-electron chi connectivity index (χ4n) is 1.83. The molecular weight excluding hydrogens is 238 g/mol. The zero-order valence-corrected chi connectivity index (χ0v) is 13.6. The third kappa shape index (κ3) is 9.69. The molecule has 0 spiro atoms. The number of Topliss-reactive ketones (excluding diaryl/α,β-unsaturated/α-hetero) is 1. The molecule has 0 aliphatic heterocycles. The number of rotatable bonds is 9. The lowest BCUT2D eigenvalue weighted by molar-refractivity contribution is -0.123. The van der Waals surface area contributed by atoms with E-state index in [1.807, 2.05) is 0 Å². The molecule has 0 radical (unpaired) electrons. The first-order chi connectivity index (χ1) is 8.58. The highest BCUT2D eigenvalue weighted by molar-refractivity contribution is 5.79. The highest BCUT2D eigenvalue weighted by Crippen LogP contribution is 2.29. The van der Waals surface area contributed by atoms with E-state index >= 15 is 0 Å². The van der Waals surface area contributed by atoms with Crippen LogP contribution < -0.4 is 5.32 Å². The molecule has 0 aromatic rings. The van der Waals surface area contributed by atoms with Gasteiger partial charge in [0.05, 0.1) is 0 Å². The van der Waals surface area contributed by atoms with E-state index in [0.717, 1.165) is 19.3 Å². The lowest BCUT2D eigenvalue weighted by Crippen LogP contribution is -2.44. The van der Waals surface area contributed by atoms with Gasteiger partial charge in [0.1, 0.15) is 5.78 Å². The van der Waals surface area contributed by atoms with Crippen LogP contribution in [0.4, 0.5) is 0 Å². The fourth-order valence-corrected chi connectivity index (χ4v) is 1.83. The lowest BCUT2D eigenvalue weighted by Gasteiger charge is -2.31. The Labute approximate surface area is 118 Å². The summed E-state index contributed by atoms with van der Waals surface area (Å²) in [5.74, 6) is 0.206. The van der Waals surface area contributed by atoms with Crippen LogP contribution in [0, 0.1) is 5.41 Å². The van der Waals surface area contributed by atoms with Gasteiger partial charge in [-0.15, -0.1) is 0 Å². The molecule has 0 aromatic heterocycles. The van der Waals surface area contributed by atoms with Crippen LogP contribution in [0.15, 0.2) is 0 Å². The lowest BCUT2D eigenvalue weighted by atomic mass is 9.81. The Morgan fingerprint density at radius 1 is 1.00 bits per heavy atom. The average molecular weight is 269 g/mol. The van der Waals surface area contributed by atoms with Gasteiger partial charge in [-0.05, 0) is 45.4 Å². The summed E-state index contributed by atoms with van der Waals surface area (Å²) in [5, 5.41) is 3.08. The third-order valence-corrected chi connectivity index (χ3v) is 3.79. The van der Waals surface area contributed by atoms with Gasteiger partial charge in [0, 0.05) is 18.4 Å². The van der Waals surface area contributed by atoms with Gasteiger partial charge in [-0.3, -0.25) is 4.79 Å². The van der Waals surface area contributed by atoms with Gasteiger partial charge in [0.15, 0.2) is 0 Å². The van der Waals surface area contributed by atoms with E-state index in [1.54, 1.807) is 6.92 Å². The molecule has 0 aliphatic carbocycles. The number of carbonyl (C=O) groups excluding carboxylic acids is 2. The SMILES string of the molecule is CCC(C)(C)CCC(C)(C)NC(=O)CCCC(C)=O. The van der Waals surface area contributed by atoms with Gasteiger partial charge < -0.3 is 10.1 Å². The zero-order chi connectivity index (χ0) is 15.1. The average Bonchev–Trinajstić information content (AvgIpc) is 2.25. The molecule has 1 amide bonds. The Hall–Kier alpha value is -0.860. The normalized spacial score (nSPS) is 12.3. The minimum Gasteiger partial charge on any atom is -0.351 e. The summed E-state index contributed by atoms with van der Waals surface area (Å²) < 4.78 is 0. The van der Waals surface area contributed by atoms with E-state index in [4.69, 9.17) is 0 Å². The Kier molecular flexibility index (Phi) is 7.32. The first kappa shape index (κ1) is 18.1. The molecule has 112 valence electrons. The zero-order valence-electron chi connectivity index (χ0n) is 13.6. The molecule has 1 N–H and O–H groups in total. The van der Waals surface area contributed by atoms with Gasteiger partial charge in [0.25, 0.3) is 0 Å². The molecule has 3 nitrogen and oxygen atoms in total. The first-order valence-electron chi connectivity index (χ1n) is 7.38. The van der Waals surface area contributed by atoms with Crippen LogP contribution in [0.5, 0.6) is 0 Å². The summed E-state index contributed by atoms with van der Waals surface area (Å²) in [6.07, 6.45) is 4.82. The maximum atomic E-state index is 11.8. The van der Waals surface area contributed by atoms with E-state index in [9.17, 15) is 9.59 Å². The van der Waals surface area contributed by atoms with Gasteiger partial charge >= 0.3 is 0 Å². The molecule has 19 heavy (non-hydrogen) atoms. The van der Waals surface area contributed by atoms with Crippen molar-refractivity contribution in [3.8, 4) is 0 Å². The monoisotopic (exact) mass is 269 g/mol. The predicted octanol–water partition coefficient (Wildman–Crippen LogP) is 3.86. The molecule has 0 aromatic carbocycles. The number of amides is 1. The van der Waals surface area contributed by atoms with Crippen molar-refractivity contribution in [3.05, 3.63) is 0 Å². The molecule has 0 saturated carbocycles. The summed E-state index contributed by atoms with van der Waals surface area (Å²) >= 11 is 0. The van der Waals surface area contributed by atoms with Crippen molar-refractivity contribution in [2.45, 2.75) is 85.6 Å². The molecule has 0 rings (SSSR count). The van der Waals surface area contributed by atoms with Crippen molar-refractivity contribution in [1.82, 2.24) is 5.32 Å². The highest BCUT2D eigenvalue weighted by atomic mass is 16.1. The second kappa shape index (κ2) is 7.66. The van der Waals surface area contributed by atoms with E-state index < -0.39 is 0 Å². The van der Waals surface area contributed by atoms with Crippen LogP contribution in [-0.2, 0) is 9.59 Å². The minimum atomic E-state index is -0.167. The van der Waals surface area contributed by atoms with Crippen LogP contribution >= 0.6 is 0 Å². The Morgan fingerprint density at radius 3 is 2.05 bits per heavy atom. The van der Waals surface area contributed by atoms with Gasteiger partial charge in [0.2, 0.25) is 5.91 Å². The van der Waals surface area contributed by atoms with Crippen LogP contribution in [0.1, 0.15) is 80.1 Å². The number of hydrogen-bond acceptors (Lipinski definition) is 2. The topological polar surface area (TPSA) is 46.2 Å². The van der Waals surface area contributed by atoms with E-state index in [0.29, 0.717) is 24.7 Å². The summed E-state index contributed by atoms with van der Waals surface area (Å²) in [6, 6.07) is 0. The molecule has 0 aliphatic rings. The predicted molar refractivity (Wildman–Crippen MR) is 80.1 cm³/mol. The number of nitrogens with one attached hydrogen (secondary N) is 1. The summed E-state index contributed by atoms with van der Waals surface area (Å²) in [5.41, 5.74) is 0.163. The van der Waals surface area contributed by atoms with Gasteiger partial charge in [-0.2, -0.15) is 0 Å². The smallest absolute Gasteiger partial charge is 0.220 e. The number of ketones is 1. The summed E-state index contributed by atoms with van der Waals surface area (Å²) in [7, 11) is 0. The molecule has 0 unspecified atom stereocenters. The quantitative estimate of drug-likeness (QED) is 0.691.